The third kappa shape index (κ3) is 1.36. The minimum atomic E-state index is -0.205. The molecule has 0 fully saturated rings. The van der Waals surface area contributed by atoms with Gasteiger partial charge in [-0.2, -0.15) is 0 Å². The summed E-state index contributed by atoms with van der Waals surface area (Å²) in [6, 6.07) is 3.54. The Labute approximate surface area is 89.7 Å². The number of benzene rings is 1. The van der Waals surface area contributed by atoms with E-state index in [1.807, 2.05) is 6.92 Å². The van der Waals surface area contributed by atoms with Crippen LogP contribution in [0.4, 0.5) is 0 Å². The molecule has 1 heterocycles. The monoisotopic (exact) mass is 226 g/mol. The highest BCUT2D eigenvalue weighted by Crippen LogP contribution is 2.20. The Kier molecular flexibility index (Phi) is 2.17. The summed E-state index contributed by atoms with van der Waals surface area (Å²) in [5.41, 5.74) is 1.26. The highest BCUT2D eigenvalue weighted by molar-refractivity contribution is 7.71. The summed E-state index contributed by atoms with van der Waals surface area (Å²) in [5, 5.41) is 1.06. The number of hydrogen-bond donors (Lipinski definition) is 2. The highest BCUT2D eigenvalue weighted by Gasteiger charge is 2.05. The van der Waals surface area contributed by atoms with Crippen LogP contribution in [0, 0.1) is 11.7 Å². The fraction of sp³-hybridized carbons (Fsp3) is 0.111. The topological polar surface area (TPSA) is 48.6 Å². The molecule has 0 saturated heterocycles. The lowest BCUT2D eigenvalue weighted by Gasteiger charge is -2.02. The summed E-state index contributed by atoms with van der Waals surface area (Å²) < 4.78 is 0.287. The first-order valence-corrected chi connectivity index (χ1v) is 4.79. The molecule has 2 rings (SSSR count). The average molecular weight is 227 g/mol. The molecule has 1 aromatic heterocycles. The van der Waals surface area contributed by atoms with Crippen LogP contribution in [-0.2, 0) is 0 Å². The first kappa shape index (κ1) is 9.43. The van der Waals surface area contributed by atoms with Gasteiger partial charge in [-0.15, -0.1) is 0 Å². The van der Waals surface area contributed by atoms with Crippen LogP contribution in [0.3, 0.4) is 0 Å². The zero-order valence-corrected chi connectivity index (χ0v) is 8.92. The van der Waals surface area contributed by atoms with E-state index in [1.54, 1.807) is 12.1 Å². The van der Waals surface area contributed by atoms with Gasteiger partial charge in [-0.1, -0.05) is 17.7 Å². The molecule has 2 N–H and O–H groups in total. The second-order valence-corrected chi connectivity index (χ2v) is 3.84. The van der Waals surface area contributed by atoms with Crippen molar-refractivity contribution in [2.75, 3.05) is 0 Å². The molecule has 0 aliphatic heterocycles. The van der Waals surface area contributed by atoms with Gasteiger partial charge in [0.1, 0.15) is 0 Å². The molecule has 0 aliphatic carbocycles. The predicted molar refractivity (Wildman–Crippen MR) is 59.5 cm³/mol. The molecule has 0 aliphatic rings. The Hall–Kier alpha value is -1.13. The van der Waals surface area contributed by atoms with E-state index < -0.39 is 0 Å². The van der Waals surface area contributed by atoms with Crippen molar-refractivity contribution < 1.29 is 0 Å². The van der Waals surface area contributed by atoms with Gasteiger partial charge in [0, 0.05) is 0 Å². The summed E-state index contributed by atoms with van der Waals surface area (Å²) in [6.45, 7) is 1.85. The normalized spacial score (nSPS) is 10.7. The molecule has 0 atom stereocenters. The molecule has 14 heavy (non-hydrogen) atoms. The lowest BCUT2D eigenvalue weighted by atomic mass is 10.1. The second-order valence-electron chi connectivity index (χ2n) is 3.02. The molecule has 0 unspecified atom stereocenters. The number of halogens is 1. The van der Waals surface area contributed by atoms with Crippen molar-refractivity contribution in [2.45, 2.75) is 6.92 Å². The quantitative estimate of drug-likeness (QED) is 0.679. The van der Waals surface area contributed by atoms with Crippen LogP contribution in [0.25, 0.3) is 10.9 Å². The van der Waals surface area contributed by atoms with Crippen LogP contribution in [0.5, 0.6) is 0 Å². The summed E-state index contributed by atoms with van der Waals surface area (Å²) in [4.78, 5) is 17.0. The van der Waals surface area contributed by atoms with Crippen LogP contribution in [-0.4, -0.2) is 9.97 Å². The fourth-order valence-corrected chi connectivity index (χ4v) is 1.81. The first-order chi connectivity index (χ1) is 6.59. The highest BCUT2D eigenvalue weighted by atomic mass is 35.5. The zero-order chi connectivity index (χ0) is 10.3. The largest absolute Gasteiger partial charge is 0.330 e. The summed E-state index contributed by atoms with van der Waals surface area (Å²) in [5.74, 6) is 0. The number of aryl methyl sites for hydroxylation is 1. The van der Waals surface area contributed by atoms with Crippen molar-refractivity contribution >= 4 is 34.7 Å². The molecule has 1 aromatic carbocycles. The van der Waals surface area contributed by atoms with Crippen LogP contribution in [0.15, 0.2) is 16.9 Å². The average Bonchev–Trinajstić information content (AvgIpc) is 2.10. The maximum absolute atomic E-state index is 11.6. The van der Waals surface area contributed by atoms with Crippen LogP contribution in [0.1, 0.15) is 5.56 Å². The molecular weight excluding hydrogens is 220 g/mol. The van der Waals surface area contributed by atoms with Crippen molar-refractivity contribution in [3.8, 4) is 0 Å². The minimum absolute atomic E-state index is 0.205. The maximum atomic E-state index is 11.6. The Balaban J connectivity index is 3.16. The van der Waals surface area contributed by atoms with Gasteiger partial charge in [-0.05, 0) is 30.8 Å². The summed E-state index contributed by atoms with van der Waals surface area (Å²) in [6.07, 6.45) is 0. The minimum Gasteiger partial charge on any atom is -0.330 e. The third-order valence-corrected chi connectivity index (χ3v) is 2.57. The number of hydrogen-bond acceptors (Lipinski definition) is 2. The van der Waals surface area contributed by atoms with E-state index in [9.17, 15) is 4.79 Å². The van der Waals surface area contributed by atoms with Gasteiger partial charge in [0.05, 0.1) is 15.9 Å². The van der Waals surface area contributed by atoms with Gasteiger partial charge in [0.15, 0.2) is 4.77 Å². The molecule has 0 amide bonds. The van der Waals surface area contributed by atoms with Crippen LogP contribution >= 0.6 is 23.8 Å². The standard InChI is InChI=1S/C9H7ClN2OS/c1-4-2-3-5(10)7-6(4)8(13)12-9(14)11-7/h2-3H,1H3,(H2,11,12,13,14). The number of aromatic amines is 2. The Morgan fingerprint density at radius 1 is 1.36 bits per heavy atom. The van der Waals surface area contributed by atoms with E-state index >= 15 is 0 Å². The Morgan fingerprint density at radius 2 is 2.07 bits per heavy atom. The summed E-state index contributed by atoms with van der Waals surface area (Å²) in [7, 11) is 0. The van der Waals surface area contributed by atoms with Gasteiger partial charge < -0.3 is 4.98 Å². The Morgan fingerprint density at radius 3 is 2.79 bits per heavy atom. The molecule has 72 valence electrons. The smallest absolute Gasteiger partial charge is 0.259 e. The van der Waals surface area contributed by atoms with E-state index in [0.717, 1.165) is 5.56 Å². The van der Waals surface area contributed by atoms with Gasteiger partial charge >= 0.3 is 0 Å². The molecule has 3 nitrogen and oxygen atoms in total. The molecule has 0 bridgehead atoms. The van der Waals surface area contributed by atoms with E-state index in [2.05, 4.69) is 9.97 Å². The molecule has 5 heteroatoms. The molecule has 0 saturated carbocycles. The van der Waals surface area contributed by atoms with Gasteiger partial charge in [-0.25, -0.2) is 0 Å². The van der Waals surface area contributed by atoms with Gasteiger partial charge in [0.2, 0.25) is 0 Å². The first-order valence-electron chi connectivity index (χ1n) is 4.01. The number of fused-ring (bicyclic) bond motifs is 1. The van der Waals surface area contributed by atoms with Crippen molar-refractivity contribution in [3.05, 3.63) is 37.8 Å². The van der Waals surface area contributed by atoms with Crippen molar-refractivity contribution in [1.82, 2.24) is 9.97 Å². The maximum Gasteiger partial charge on any atom is 0.259 e. The van der Waals surface area contributed by atoms with Gasteiger partial charge in [0.25, 0.3) is 5.56 Å². The third-order valence-electron chi connectivity index (χ3n) is 2.06. The second kappa shape index (κ2) is 3.22. The number of aromatic nitrogens is 2. The van der Waals surface area contributed by atoms with E-state index in [0.29, 0.717) is 15.9 Å². The van der Waals surface area contributed by atoms with Crippen molar-refractivity contribution in [1.29, 1.82) is 0 Å². The van der Waals surface area contributed by atoms with E-state index in [4.69, 9.17) is 23.8 Å². The van der Waals surface area contributed by atoms with Gasteiger partial charge in [-0.3, -0.25) is 9.78 Å². The van der Waals surface area contributed by atoms with Crippen LogP contribution in [0.2, 0.25) is 5.02 Å². The molecule has 0 radical (unpaired) electrons. The predicted octanol–water partition coefficient (Wildman–Crippen LogP) is 2.55. The molecule has 2 aromatic rings. The van der Waals surface area contributed by atoms with Crippen molar-refractivity contribution in [3.63, 3.8) is 0 Å². The lowest BCUT2D eigenvalue weighted by Crippen LogP contribution is -2.09. The molecular formula is C9H7ClN2OS. The number of rotatable bonds is 0. The Bertz CT molecular complexity index is 614. The van der Waals surface area contributed by atoms with Crippen molar-refractivity contribution in [2.24, 2.45) is 0 Å². The lowest BCUT2D eigenvalue weighted by molar-refractivity contribution is 1.13. The molecule has 0 spiro atoms. The fourth-order valence-electron chi connectivity index (χ4n) is 1.41. The number of nitrogens with one attached hydrogen (secondary N) is 2. The summed E-state index contributed by atoms with van der Waals surface area (Å²) >= 11 is 10.8. The van der Waals surface area contributed by atoms with E-state index in [1.165, 1.54) is 0 Å². The number of H-pyrrole nitrogens is 2. The van der Waals surface area contributed by atoms with E-state index in [-0.39, 0.29) is 10.3 Å². The van der Waals surface area contributed by atoms with Crippen LogP contribution < -0.4 is 5.56 Å². The SMILES string of the molecule is Cc1ccc(Cl)c2[nH]c(=S)[nH]c(=O)c12. The zero-order valence-electron chi connectivity index (χ0n) is 7.35.